The third-order valence-corrected chi connectivity index (χ3v) is 3.39. The molecule has 0 atom stereocenters. The van der Waals surface area contributed by atoms with E-state index in [-0.39, 0.29) is 0 Å². The van der Waals surface area contributed by atoms with E-state index < -0.39 is 0 Å². The van der Waals surface area contributed by atoms with Crippen LogP contribution >= 0.6 is 11.3 Å². The van der Waals surface area contributed by atoms with Crippen molar-refractivity contribution in [2.24, 2.45) is 0 Å². The summed E-state index contributed by atoms with van der Waals surface area (Å²) in [7, 11) is 3.92. The summed E-state index contributed by atoms with van der Waals surface area (Å²) in [6, 6.07) is 2.14. The van der Waals surface area contributed by atoms with Crippen LogP contribution in [0.4, 0.5) is 11.6 Å². The molecule has 0 aliphatic carbocycles. The maximum absolute atomic E-state index is 4.35. The molecule has 0 amide bonds. The zero-order valence-corrected chi connectivity index (χ0v) is 11.1. The zero-order valence-electron chi connectivity index (χ0n) is 10.3. The lowest BCUT2D eigenvalue weighted by Crippen LogP contribution is -2.19. The second kappa shape index (κ2) is 5.14. The van der Waals surface area contributed by atoms with Crippen molar-refractivity contribution in [1.29, 1.82) is 0 Å². The second-order valence-electron chi connectivity index (χ2n) is 3.91. The van der Waals surface area contributed by atoms with Crippen LogP contribution in [-0.4, -0.2) is 24.1 Å². The summed E-state index contributed by atoms with van der Waals surface area (Å²) in [6.45, 7) is 2.90. The average molecular weight is 248 g/mol. The Kier molecular flexibility index (Phi) is 3.58. The summed E-state index contributed by atoms with van der Waals surface area (Å²) < 4.78 is 0. The van der Waals surface area contributed by atoms with Gasteiger partial charge < -0.3 is 10.2 Å². The first-order chi connectivity index (χ1) is 8.22. The Morgan fingerprint density at radius 3 is 2.88 bits per heavy atom. The summed E-state index contributed by atoms with van der Waals surface area (Å²) in [4.78, 5) is 10.7. The number of hydrogen-bond acceptors (Lipinski definition) is 5. The smallest absolute Gasteiger partial charge is 0.137 e. The summed E-state index contributed by atoms with van der Waals surface area (Å²) in [5.41, 5.74) is 2.38. The minimum Gasteiger partial charge on any atom is -0.373 e. The van der Waals surface area contributed by atoms with Crippen molar-refractivity contribution < 1.29 is 0 Å². The molecular formula is C12H16N4S. The fourth-order valence-corrected chi connectivity index (χ4v) is 2.47. The SMILES string of the molecule is CNc1ncnc(N(C)Cc2ccsc2)c1C. The monoisotopic (exact) mass is 248 g/mol. The number of rotatable bonds is 4. The van der Waals surface area contributed by atoms with E-state index in [1.54, 1.807) is 17.7 Å². The molecular weight excluding hydrogens is 232 g/mol. The van der Waals surface area contributed by atoms with E-state index in [0.29, 0.717) is 0 Å². The maximum Gasteiger partial charge on any atom is 0.137 e. The molecule has 4 nitrogen and oxygen atoms in total. The van der Waals surface area contributed by atoms with Crippen molar-refractivity contribution in [3.63, 3.8) is 0 Å². The van der Waals surface area contributed by atoms with E-state index >= 15 is 0 Å². The molecule has 0 saturated heterocycles. The minimum atomic E-state index is 0.866. The highest BCUT2D eigenvalue weighted by molar-refractivity contribution is 7.07. The second-order valence-corrected chi connectivity index (χ2v) is 4.69. The molecule has 0 bridgehead atoms. The van der Waals surface area contributed by atoms with Crippen molar-refractivity contribution in [3.8, 4) is 0 Å². The Morgan fingerprint density at radius 1 is 1.41 bits per heavy atom. The molecule has 17 heavy (non-hydrogen) atoms. The average Bonchev–Trinajstić information content (AvgIpc) is 2.82. The summed E-state index contributed by atoms with van der Waals surface area (Å²) in [5, 5.41) is 7.32. The topological polar surface area (TPSA) is 41.1 Å². The summed E-state index contributed by atoms with van der Waals surface area (Å²) in [5.74, 6) is 1.85. The van der Waals surface area contributed by atoms with Crippen molar-refractivity contribution in [2.75, 3.05) is 24.3 Å². The largest absolute Gasteiger partial charge is 0.373 e. The summed E-state index contributed by atoms with van der Waals surface area (Å²) in [6.07, 6.45) is 1.60. The lowest BCUT2D eigenvalue weighted by Gasteiger charge is -2.20. The molecule has 0 aliphatic heterocycles. The van der Waals surface area contributed by atoms with Gasteiger partial charge >= 0.3 is 0 Å². The molecule has 2 heterocycles. The highest BCUT2D eigenvalue weighted by atomic mass is 32.1. The van der Waals surface area contributed by atoms with Crippen LogP contribution in [0.1, 0.15) is 11.1 Å². The highest BCUT2D eigenvalue weighted by Crippen LogP contribution is 2.22. The molecule has 0 aliphatic rings. The van der Waals surface area contributed by atoms with Gasteiger partial charge in [0.25, 0.3) is 0 Å². The molecule has 0 spiro atoms. The van der Waals surface area contributed by atoms with Gasteiger partial charge in [-0.25, -0.2) is 9.97 Å². The molecule has 0 radical (unpaired) electrons. The number of thiophene rings is 1. The van der Waals surface area contributed by atoms with Crippen LogP contribution < -0.4 is 10.2 Å². The quantitative estimate of drug-likeness (QED) is 0.902. The van der Waals surface area contributed by atoms with Crippen molar-refractivity contribution in [2.45, 2.75) is 13.5 Å². The third kappa shape index (κ3) is 2.55. The Hall–Kier alpha value is -1.62. The van der Waals surface area contributed by atoms with Gasteiger partial charge in [-0.15, -0.1) is 0 Å². The van der Waals surface area contributed by atoms with Gasteiger partial charge in [-0.3, -0.25) is 0 Å². The fourth-order valence-electron chi connectivity index (χ4n) is 1.81. The van der Waals surface area contributed by atoms with Crippen LogP contribution in [0.15, 0.2) is 23.2 Å². The van der Waals surface area contributed by atoms with Gasteiger partial charge in [0.1, 0.15) is 18.0 Å². The Balaban J connectivity index is 2.22. The van der Waals surface area contributed by atoms with Crippen LogP contribution in [0.3, 0.4) is 0 Å². The Morgan fingerprint density at radius 2 is 2.24 bits per heavy atom. The Bertz CT molecular complexity index is 481. The first-order valence-corrected chi connectivity index (χ1v) is 6.38. The standard InChI is InChI=1S/C12H16N4S/c1-9-11(13-2)14-8-15-12(9)16(3)6-10-4-5-17-7-10/h4-5,7-8H,6H2,1-3H3,(H,13,14,15). The molecule has 90 valence electrons. The van der Waals surface area contributed by atoms with Crippen LogP contribution in [0, 0.1) is 6.92 Å². The number of nitrogens with zero attached hydrogens (tertiary/aromatic N) is 3. The first-order valence-electron chi connectivity index (χ1n) is 5.44. The molecule has 2 rings (SSSR count). The maximum atomic E-state index is 4.35. The van der Waals surface area contributed by atoms with Gasteiger partial charge in [-0.2, -0.15) is 11.3 Å². The van der Waals surface area contributed by atoms with E-state index in [2.05, 4.69) is 37.0 Å². The van der Waals surface area contributed by atoms with E-state index in [1.165, 1.54) is 5.56 Å². The third-order valence-electron chi connectivity index (χ3n) is 2.66. The van der Waals surface area contributed by atoms with Gasteiger partial charge in [0.15, 0.2) is 0 Å². The summed E-state index contributed by atoms with van der Waals surface area (Å²) >= 11 is 1.72. The van der Waals surface area contributed by atoms with Crippen LogP contribution in [0.25, 0.3) is 0 Å². The van der Waals surface area contributed by atoms with Crippen molar-refractivity contribution in [1.82, 2.24) is 9.97 Å². The predicted octanol–water partition coefficient (Wildman–Crippen LogP) is 2.52. The molecule has 0 fully saturated rings. The number of aromatic nitrogens is 2. The van der Waals surface area contributed by atoms with E-state index in [9.17, 15) is 0 Å². The minimum absolute atomic E-state index is 0.866. The van der Waals surface area contributed by atoms with Crippen molar-refractivity contribution >= 4 is 23.0 Å². The molecule has 5 heteroatoms. The van der Waals surface area contributed by atoms with E-state index in [4.69, 9.17) is 0 Å². The van der Waals surface area contributed by atoms with Crippen LogP contribution in [-0.2, 0) is 6.54 Å². The van der Waals surface area contributed by atoms with Gasteiger partial charge in [0, 0.05) is 26.2 Å². The molecule has 1 N–H and O–H groups in total. The number of hydrogen-bond donors (Lipinski definition) is 1. The molecule has 2 aromatic rings. The van der Waals surface area contributed by atoms with Gasteiger partial charge in [-0.1, -0.05) is 0 Å². The lowest BCUT2D eigenvalue weighted by molar-refractivity contribution is 0.886. The van der Waals surface area contributed by atoms with Gasteiger partial charge in [-0.05, 0) is 29.3 Å². The fraction of sp³-hybridized carbons (Fsp3) is 0.333. The van der Waals surface area contributed by atoms with Gasteiger partial charge in [0.2, 0.25) is 0 Å². The molecule has 2 aromatic heterocycles. The highest BCUT2D eigenvalue weighted by Gasteiger charge is 2.10. The number of anilines is 2. The normalized spacial score (nSPS) is 10.3. The molecule has 0 saturated carbocycles. The molecule has 0 aromatic carbocycles. The molecule has 0 unspecified atom stereocenters. The van der Waals surface area contributed by atoms with Gasteiger partial charge in [0.05, 0.1) is 0 Å². The van der Waals surface area contributed by atoms with Crippen LogP contribution in [0.5, 0.6) is 0 Å². The Labute approximate surface area is 105 Å². The first kappa shape index (κ1) is 11.9. The predicted molar refractivity (Wildman–Crippen MR) is 72.7 cm³/mol. The van der Waals surface area contributed by atoms with E-state index in [0.717, 1.165) is 23.7 Å². The van der Waals surface area contributed by atoms with Crippen molar-refractivity contribution in [3.05, 3.63) is 34.3 Å². The number of nitrogens with one attached hydrogen (secondary N) is 1. The zero-order chi connectivity index (χ0) is 12.3. The van der Waals surface area contributed by atoms with E-state index in [1.807, 2.05) is 21.0 Å². The van der Waals surface area contributed by atoms with Crippen LogP contribution in [0.2, 0.25) is 0 Å². The lowest BCUT2D eigenvalue weighted by atomic mass is 10.2.